The van der Waals surface area contributed by atoms with E-state index in [0.717, 1.165) is 16.9 Å². The number of piperazine rings is 1. The van der Waals surface area contributed by atoms with Gasteiger partial charge < -0.3 is 29.9 Å². The van der Waals surface area contributed by atoms with Crippen LogP contribution in [0.1, 0.15) is 19.4 Å². The summed E-state index contributed by atoms with van der Waals surface area (Å²) in [4.78, 5) is 29.7. The number of aliphatic carboxylic acids is 1. The van der Waals surface area contributed by atoms with Gasteiger partial charge in [-0.2, -0.15) is 23.5 Å². The van der Waals surface area contributed by atoms with Gasteiger partial charge in [0.15, 0.2) is 0 Å². The van der Waals surface area contributed by atoms with Gasteiger partial charge in [0.1, 0.15) is 30.3 Å². The number of aliphatic hydroxyl groups is 2. The van der Waals surface area contributed by atoms with Gasteiger partial charge in [-0.05, 0) is 24.1 Å². The Labute approximate surface area is 232 Å². The van der Waals surface area contributed by atoms with E-state index in [0.29, 0.717) is 43.0 Å². The van der Waals surface area contributed by atoms with Gasteiger partial charge in [-0.25, -0.2) is 14.3 Å². The molecule has 4 rings (SSSR count). The van der Waals surface area contributed by atoms with Crippen LogP contribution >= 0.6 is 0 Å². The van der Waals surface area contributed by atoms with E-state index in [9.17, 15) is 28.3 Å². The zero-order chi connectivity index (χ0) is 30.3. The second-order valence-corrected chi connectivity index (χ2v) is 9.33. The molecule has 220 valence electrons. The number of carboxylic acids is 1. The fourth-order valence-corrected chi connectivity index (χ4v) is 4.00. The fourth-order valence-electron chi connectivity index (χ4n) is 4.00. The predicted molar refractivity (Wildman–Crippen MR) is 139 cm³/mol. The molecule has 0 aromatic carbocycles. The summed E-state index contributed by atoms with van der Waals surface area (Å²) in [6.45, 7) is 6.00. The van der Waals surface area contributed by atoms with Crippen molar-refractivity contribution in [2.75, 3.05) is 44.3 Å². The number of nitriles is 1. The first-order chi connectivity index (χ1) is 19.4. The zero-order valence-electron chi connectivity index (χ0n) is 22.2. The topological polar surface area (TPSA) is 165 Å². The Morgan fingerprint density at radius 1 is 1.17 bits per heavy atom. The van der Waals surface area contributed by atoms with Crippen molar-refractivity contribution >= 4 is 23.2 Å². The zero-order valence-corrected chi connectivity index (χ0v) is 22.2. The molecule has 0 aliphatic carbocycles. The Morgan fingerprint density at radius 3 is 2.34 bits per heavy atom. The van der Waals surface area contributed by atoms with Gasteiger partial charge >= 0.3 is 12.1 Å². The molecule has 0 saturated carbocycles. The molecule has 1 fully saturated rings. The number of hydrogen-bond acceptors (Lipinski definition) is 9. The van der Waals surface area contributed by atoms with Crippen LogP contribution in [-0.4, -0.2) is 98.4 Å². The highest BCUT2D eigenvalue weighted by Crippen LogP contribution is 2.31. The molecular weight excluding hydrogens is 549 g/mol. The standard InChI is InChI=1S/C24H28N6O4.C2HF3O2/c1-16(2)23(32)24(33)29-7-5-28(6-8-29)21-4-3-17(13-26-21)20-11-19(34-10-9-31)15-30-22(20)18(12-25)14-27-30;3-2(4,5)1(6)7/h3-4,11,13-16,23,31-32H,5-10H2,1-2H3;(H,6,7)/t23-;/m1./s1. The summed E-state index contributed by atoms with van der Waals surface area (Å²) in [5, 5.41) is 40.0. The Kier molecular flexibility index (Phi) is 10.1. The first kappa shape index (κ1) is 31.1. The number of hydrogen-bond donors (Lipinski definition) is 3. The number of amides is 1. The summed E-state index contributed by atoms with van der Waals surface area (Å²) in [6, 6.07) is 7.83. The van der Waals surface area contributed by atoms with Crippen LogP contribution in [0.25, 0.3) is 16.6 Å². The SMILES string of the molecule is CC(C)[C@@H](O)C(=O)N1CCN(c2ccc(-c3cc(OCCO)cn4ncc(C#N)c34)cn2)CC1.O=C(O)C(F)(F)F. The van der Waals surface area contributed by atoms with Gasteiger partial charge in [0, 0.05) is 43.5 Å². The van der Waals surface area contributed by atoms with Crippen molar-refractivity contribution in [3.63, 3.8) is 0 Å². The summed E-state index contributed by atoms with van der Waals surface area (Å²) in [5.74, 6) is -1.78. The fraction of sp³-hybridized carbons (Fsp3) is 0.423. The third-order valence-electron chi connectivity index (χ3n) is 6.17. The number of carboxylic acid groups (broad SMARTS) is 1. The molecule has 3 aromatic heterocycles. The molecule has 4 heterocycles. The van der Waals surface area contributed by atoms with Gasteiger partial charge in [0.25, 0.3) is 5.91 Å². The molecule has 0 bridgehead atoms. The summed E-state index contributed by atoms with van der Waals surface area (Å²) >= 11 is 0. The summed E-state index contributed by atoms with van der Waals surface area (Å²) < 4.78 is 38.9. The van der Waals surface area contributed by atoms with Crippen molar-refractivity contribution in [3.8, 4) is 22.9 Å². The van der Waals surface area contributed by atoms with Crippen LogP contribution in [0, 0.1) is 17.2 Å². The van der Waals surface area contributed by atoms with E-state index in [2.05, 4.69) is 21.1 Å². The van der Waals surface area contributed by atoms with E-state index in [-0.39, 0.29) is 25.0 Å². The Hall–Kier alpha value is -4.42. The van der Waals surface area contributed by atoms with Crippen molar-refractivity contribution in [1.82, 2.24) is 19.5 Å². The maximum absolute atomic E-state index is 12.4. The van der Waals surface area contributed by atoms with E-state index in [1.807, 2.05) is 32.0 Å². The lowest BCUT2D eigenvalue weighted by Crippen LogP contribution is -2.52. The molecule has 1 saturated heterocycles. The van der Waals surface area contributed by atoms with Crippen LogP contribution in [-0.2, 0) is 9.59 Å². The molecule has 3 N–H and O–H groups in total. The van der Waals surface area contributed by atoms with Crippen molar-refractivity contribution in [1.29, 1.82) is 5.26 Å². The molecule has 1 amide bonds. The highest BCUT2D eigenvalue weighted by atomic mass is 19.4. The van der Waals surface area contributed by atoms with Gasteiger partial charge in [0.05, 0.1) is 30.1 Å². The van der Waals surface area contributed by atoms with E-state index in [1.54, 1.807) is 21.8 Å². The molecule has 1 aliphatic heterocycles. The van der Waals surface area contributed by atoms with E-state index < -0.39 is 18.2 Å². The highest BCUT2D eigenvalue weighted by molar-refractivity contribution is 5.85. The monoisotopic (exact) mass is 578 g/mol. The third kappa shape index (κ3) is 7.62. The summed E-state index contributed by atoms with van der Waals surface area (Å²) in [6.07, 6.45) is -1.13. The molecule has 3 aromatic rings. The molecular formula is C26H29F3N6O6. The van der Waals surface area contributed by atoms with Crippen molar-refractivity contribution in [2.24, 2.45) is 5.92 Å². The number of aromatic nitrogens is 3. The molecule has 0 radical (unpaired) electrons. The molecule has 15 heteroatoms. The second kappa shape index (κ2) is 13.3. The number of carbonyl (C=O) groups excluding carboxylic acids is 1. The van der Waals surface area contributed by atoms with Gasteiger partial charge in [-0.15, -0.1) is 0 Å². The van der Waals surface area contributed by atoms with Gasteiger partial charge in [-0.3, -0.25) is 4.79 Å². The smallest absolute Gasteiger partial charge is 0.490 e. The number of rotatable bonds is 7. The van der Waals surface area contributed by atoms with Gasteiger partial charge in [0.2, 0.25) is 0 Å². The predicted octanol–water partition coefficient (Wildman–Crippen LogP) is 1.94. The molecule has 0 unspecified atom stereocenters. The lowest BCUT2D eigenvalue weighted by Gasteiger charge is -2.36. The number of aliphatic hydroxyl groups excluding tert-OH is 2. The van der Waals surface area contributed by atoms with E-state index in [4.69, 9.17) is 19.7 Å². The van der Waals surface area contributed by atoms with Crippen LogP contribution in [0.2, 0.25) is 0 Å². The maximum atomic E-state index is 12.4. The second-order valence-electron chi connectivity index (χ2n) is 9.33. The van der Waals surface area contributed by atoms with Crippen LogP contribution in [0.15, 0.2) is 36.8 Å². The van der Waals surface area contributed by atoms with Crippen LogP contribution in [0.4, 0.5) is 19.0 Å². The van der Waals surface area contributed by atoms with Gasteiger partial charge in [-0.1, -0.05) is 13.8 Å². The molecule has 12 nitrogen and oxygen atoms in total. The highest BCUT2D eigenvalue weighted by Gasteiger charge is 2.38. The minimum absolute atomic E-state index is 0.110. The first-order valence-electron chi connectivity index (χ1n) is 12.5. The average Bonchev–Trinajstić information content (AvgIpc) is 3.38. The molecule has 1 atom stereocenters. The quantitative estimate of drug-likeness (QED) is 0.377. The number of ether oxygens (including phenoxy) is 1. The normalized spacial score (nSPS) is 14.3. The van der Waals surface area contributed by atoms with Crippen LogP contribution in [0.3, 0.4) is 0 Å². The molecule has 41 heavy (non-hydrogen) atoms. The third-order valence-corrected chi connectivity index (χ3v) is 6.17. The lowest BCUT2D eigenvalue weighted by atomic mass is 10.0. The maximum Gasteiger partial charge on any atom is 0.490 e. The number of carbonyl (C=O) groups is 2. The van der Waals surface area contributed by atoms with Crippen molar-refractivity contribution < 1.29 is 42.8 Å². The number of halogens is 3. The van der Waals surface area contributed by atoms with Crippen molar-refractivity contribution in [2.45, 2.75) is 26.1 Å². The Morgan fingerprint density at radius 2 is 1.83 bits per heavy atom. The van der Waals surface area contributed by atoms with Crippen LogP contribution < -0.4 is 9.64 Å². The largest absolute Gasteiger partial charge is 0.490 e. The van der Waals surface area contributed by atoms with E-state index in [1.165, 1.54) is 6.20 Å². The number of alkyl halides is 3. The number of fused-ring (bicyclic) bond motifs is 1. The lowest BCUT2D eigenvalue weighted by molar-refractivity contribution is -0.192. The Bertz CT molecular complexity index is 1400. The number of anilines is 1. The Balaban J connectivity index is 0.000000587. The summed E-state index contributed by atoms with van der Waals surface area (Å²) in [7, 11) is 0. The number of pyridine rings is 2. The first-order valence-corrected chi connectivity index (χ1v) is 12.5. The number of nitrogens with zero attached hydrogens (tertiary/aromatic N) is 6. The van der Waals surface area contributed by atoms with E-state index >= 15 is 0 Å². The minimum Gasteiger partial charge on any atom is -0.490 e. The average molecular weight is 579 g/mol. The summed E-state index contributed by atoms with van der Waals surface area (Å²) in [5.41, 5.74) is 2.65. The van der Waals surface area contributed by atoms with Crippen molar-refractivity contribution in [3.05, 3.63) is 42.4 Å². The molecule has 1 aliphatic rings. The van der Waals surface area contributed by atoms with Crippen LogP contribution in [0.5, 0.6) is 5.75 Å². The molecule has 0 spiro atoms. The minimum atomic E-state index is -5.08.